The van der Waals surface area contributed by atoms with Crippen molar-refractivity contribution in [1.29, 1.82) is 0 Å². The van der Waals surface area contributed by atoms with Crippen LogP contribution in [0.15, 0.2) is 53.7 Å². The van der Waals surface area contributed by atoms with Gasteiger partial charge in [-0.05, 0) is 38.1 Å². The molecule has 0 saturated carbocycles. The first-order valence-electron chi connectivity index (χ1n) is 8.71. The van der Waals surface area contributed by atoms with Gasteiger partial charge in [0.2, 0.25) is 5.91 Å². The van der Waals surface area contributed by atoms with Gasteiger partial charge in [-0.2, -0.15) is 0 Å². The zero-order chi connectivity index (χ0) is 20.1. The number of ketones is 1. The fraction of sp³-hybridized carbons (Fsp3) is 0.200. The number of Topliss-reactive ketones (excluding diaryl/α,β-unsaturated/α-hetero) is 1. The quantitative estimate of drug-likeness (QED) is 0.453. The highest BCUT2D eigenvalue weighted by Gasteiger charge is 2.16. The molecule has 0 aliphatic heterocycles. The predicted molar refractivity (Wildman–Crippen MR) is 112 cm³/mol. The van der Waals surface area contributed by atoms with Crippen molar-refractivity contribution in [2.45, 2.75) is 25.5 Å². The lowest BCUT2D eigenvalue weighted by atomic mass is 10.1. The summed E-state index contributed by atoms with van der Waals surface area (Å²) in [5.74, 6) is 0.545. The molecule has 0 fully saturated rings. The summed E-state index contributed by atoms with van der Waals surface area (Å²) >= 11 is 7.36. The monoisotopic (exact) mass is 414 g/mol. The second-order valence-corrected chi connectivity index (χ2v) is 7.38. The number of nitrogens with one attached hydrogen (secondary N) is 1. The molecule has 3 rings (SSSR count). The predicted octanol–water partition coefficient (Wildman–Crippen LogP) is 4.55. The van der Waals surface area contributed by atoms with Crippen LogP contribution in [0, 0.1) is 0 Å². The number of hydrogen-bond donors (Lipinski definition) is 1. The fourth-order valence-corrected chi connectivity index (χ4v) is 3.73. The Bertz CT molecular complexity index is 1020. The van der Waals surface area contributed by atoms with Crippen LogP contribution in [0.4, 0.5) is 5.69 Å². The maximum absolute atomic E-state index is 12.4. The van der Waals surface area contributed by atoms with Crippen molar-refractivity contribution in [2.75, 3.05) is 11.1 Å². The van der Waals surface area contributed by atoms with Crippen LogP contribution in [0.5, 0.6) is 0 Å². The number of anilines is 1. The third kappa shape index (κ3) is 4.61. The lowest BCUT2D eigenvalue weighted by molar-refractivity contribution is -0.113. The van der Waals surface area contributed by atoms with Gasteiger partial charge in [0.05, 0.1) is 11.4 Å². The SMILES string of the molecule is CCn1c(SCC(=O)Nc2ccccc2C(C)=O)nnc1-c1cccc(Cl)c1. The van der Waals surface area contributed by atoms with E-state index < -0.39 is 0 Å². The Morgan fingerprint density at radius 3 is 2.64 bits per heavy atom. The molecule has 0 aliphatic carbocycles. The standard InChI is InChI=1S/C20H19ClN4O2S/c1-3-25-19(14-7-6-8-15(21)11-14)23-24-20(25)28-12-18(27)22-17-10-5-4-9-16(17)13(2)26/h4-11H,3,12H2,1-2H3,(H,22,27). The van der Waals surface area contributed by atoms with E-state index >= 15 is 0 Å². The number of amides is 1. The summed E-state index contributed by atoms with van der Waals surface area (Å²) < 4.78 is 1.94. The molecule has 1 amide bonds. The van der Waals surface area contributed by atoms with Crippen molar-refractivity contribution in [1.82, 2.24) is 14.8 Å². The van der Waals surface area contributed by atoms with Crippen molar-refractivity contribution < 1.29 is 9.59 Å². The summed E-state index contributed by atoms with van der Waals surface area (Å²) in [4.78, 5) is 24.0. The minimum Gasteiger partial charge on any atom is -0.325 e. The zero-order valence-electron chi connectivity index (χ0n) is 15.5. The first-order chi connectivity index (χ1) is 13.5. The molecule has 6 nitrogen and oxygen atoms in total. The second-order valence-electron chi connectivity index (χ2n) is 6.00. The average molecular weight is 415 g/mol. The van der Waals surface area contributed by atoms with Gasteiger partial charge in [-0.1, -0.05) is 47.6 Å². The van der Waals surface area contributed by atoms with E-state index in [2.05, 4.69) is 15.5 Å². The molecule has 1 N–H and O–H groups in total. The molecule has 28 heavy (non-hydrogen) atoms. The number of para-hydroxylation sites is 1. The molecule has 144 valence electrons. The largest absolute Gasteiger partial charge is 0.325 e. The van der Waals surface area contributed by atoms with Crippen molar-refractivity contribution in [3.05, 3.63) is 59.1 Å². The third-order valence-electron chi connectivity index (χ3n) is 4.03. The smallest absolute Gasteiger partial charge is 0.234 e. The molecule has 2 aromatic carbocycles. The van der Waals surface area contributed by atoms with Crippen LogP contribution in [0.3, 0.4) is 0 Å². The molecule has 1 heterocycles. The van der Waals surface area contributed by atoms with E-state index in [0.717, 1.165) is 5.56 Å². The maximum atomic E-state index is 12.4. The van der Waals surface area contributed by atoms with Crippen LogP contribution in [-0.2, 0) is 11.3 Å². The van der Waals surface area contributed by atoms with E-state index in [9.17, 15) is 9.59 Å². The summed E-state index contributed by atoms with van der Waals surface area (Å²) in [5.41, 5.74) is 1.87. The van der Waals surface area contributed by atoms with E-state index in [1.165, 1.54) is 18.7 Å². The first kappa shape index (κ1) is 20.1. The molecule has 3 aromatic rings. The number of benzene rings is 2. The third-order valence-corrected chi connectivity index (χ3v) is 5.23. The highest BCUT2D eigenvalue weighted by molar-refractivity contribution is 7.99. The molecule has 0 atom stereocenters. The van der Waals surface area contributed by atoms with E-state index in [-0.39, 0.29) is 17.4 Å². The summed E-state index contributed by atoms with van der Waals surface area (Å²) in [6.45, 7) is 4.12. The highest BCUT2D eigenvalue weighted by atomic mass is 35.5. The number of halogens is 1. The number of rotatable bonds is 7. The minimum atomic E-state index is -0.214. The van der Waals surface area contributed by atoms with Gasteiger partial charge in [-0.3, -0.25) is 9.59 Å². The summed E-state index contributed by atoms with van der Waals surface area (Å²) in [5, 5.41) is 12.5. The van der Waals surface area contributed by atoms with Gasteiger partial charge in [0, 0.05) is 22.7 Å². The van der Waals surface area contributed by atoms with Crippen LogP contribution in [0.2, 0.25) is 5.02 Å². The zero-order valence-corrected chi connectivity index (χ0v) is 17.0. The second kappa shape index (κ2) is 9.03. The molecule has 0 aliphatic rings. The minimum absolute atomic E-state index is 0.0968. The molecule has 0 saturated heterocycles. The van der Waals surface area contributed by atoms with Crippen molar-refractivity contribution in [3.8, 4) is 11.4 Å². The van der Waals surface area contributed by atoms with Crippen molar-refractivity contribution in [3.63, 3.8) is 0 Å². The molecule has 0 radical (unpaired) electrons. The Morgan fingerprint density at radius 1 is 1.14 bits per heavy atom. The van der Waals surface area contributed by atoms with E-state index in [1.54, 1.807) is 30.3 Å². The van der Waals surface area contributed by atoms with E-state index in [0.29, 0.717) is 33.8 Å². The highest BCUT2D eigenvalue weighted by Crippen LogP contribution is 2.26. The Labute approximate surface area is 172 Å². The van der Waals surface area contributed by atoms with Crippen LogP contribution in [-0.4, -0.2) is 32.2 Å². The van der Waals surface area contributed by atoms with Crippen molar-refractivity contribution in [2.24, 2.45) is 0 Å². The summed E-state index contributed by atoms with van der Waals surface area (Å²) in [7, 11) is 0. The topological polar surface area (TPSA) is 76.9 Å². The Hall–Kier alpha value is -2.64. The lowest BCUT2D eigenvalue weighted by Gasteiger charge is -2.10. The summed E-state index contributed by atoms with van der Waals surface area (Å²) in [6.07, 6.45) is 0. The van der Waals surface area contributed by atoms with Gasteiger partial charge in [-0.25, -0.2) is 0 Å². The average Bonchev–Trinajstić information content (AvgIpc) is 3.09. The molecule has 0 bridgehead atoms. The van der Waals surface area contributed by atoms with Gasteiger partial charge >= 0.3 is 0 Å². The Morgan fingerprint density at radius 2 is 1.93 bits per heavy atom. The maximum Gasteiger partial charge on any atom is 0.234 e. The van der Waals surface area contributed by atoms with Crippen LogP contribution in [0.25, 0.3) is 11.4 Å². The normalized spacial score (nSPS) is 10.7. The molecular weight excluding hydrogens is 396 g/mol. The number of thioether (sulfide) groups is 1. The van der Waals surface area contributed by atoms with Gasteiger partial charge in [0.15, 0.2) is 16.8 Å². The van der Waals surface area contributed by atoms with Gasteiger partial charge in [0.1, 0.15) is 0 Å². The van der Waals surface area contributed by atoms with Crippen LogP contribution < -0.4 is 5.32 Å². The number of nitrogens with zero attached hydrogens (tertiary/aromatic N) is 3. The molecule has 0 unspecified atom stereocenters. The van der Waals surface area contributed by atoms with Crippen molar-refractivity contribution >= 4 is 40.7 Å². The number of carbonyl (C=O) groups is 2. The first-order valence-corrected chi connectivity index (χ1v) is 10.1. The fourth-order valence-electron chi connectivity index (χ4n) is 2.74. The number of carbonyl (C=O) groups excluding carboxylic acids is 2. The van der Waals surface area contributed by atoms with Crippen LogP contribution >= 0.6 is 23.4 Å². The molecular formula is C20H19ClN4O2S. The van der Waals surface area contributed by atoms with E-state index in [1.807, 2.05) is 29.7 Å². The van der Waals surface area contributed by atoms with Gasteiger partial charge in [0.25, 0.3) is 0 Å². The molecule has 0 spiro atoms. The number of hydrogen-bond acceptors (Lipinski definition) is 5. The molecule has 1 aromatic heterocycles. The Balaban J connectivity index is 1.71. The summed E-state index contributed by atoms with van der Waals surface area (Å²) in [6, 6.07) is 14.4. The van der Waals surface area contributed by atoms with Gasteiger partial charge < -0.3 is 9.88 Å². The van der Waals surface area contributed by atoms with Crippen LogP contribution in [0.1, 0.15) is 24.2 Å². The molecule has 8 heteroatoms. The van der Waals surface area contributed by atoms with E-state index in [4.69, 9.17) is 11.6 Å². The number of aromatic nitrogens is 3. The Kier molecular flexibility index (Phi) is 6.49. The lowest BCUT2D eigenvalue weighted by Crippen LogP contribution is -2.16. The van der Waals surface area contributed by atoms with Gasteiger partial charge in [-0.15, -0.1) is 10.2 Å².